The molecule has 0 spiro atoms. The molecular weight excluding hydrogens is 410 g/mol. The molecule has 3 aromatic carbocycles. The molecule has 0 radical (unpaired) electrons. The number of nitro groups is 1. The minimum atomic E-state index is -0.640. The van der Waals surface area contributed by atoms with E-state index in [9.17, 15) is 19.7 Å². The van der Waals surface area contributed by atoms with Gasteiger partial charge in [-0.05, 0) is 43.2 Å². The number of benzene rings is 3. The van der Waals surface area contributed by atoms with Gasteiger partial charge in [-0.1, -0.05) is 30.3 Å². The van der Waals surface area contributed by atoms with Crippen LogP contribution in [0.15, 0.2) is 72.8 Å². The van der Waals surface area contributed by atoms with E-state index in [0.29, 0.717) is 35.7 Å². The van der Waals surface area contributed by atoms with Gasteiger partial charge in [0.05, 0.1) is 10.6 Å². The average Bonchev–Trinajstić information content (AvgIpc) is 2.80. The van der Waals surface area contributed by atoms with E-state index in [1.807, 2.05) is 30.3 Å². The largest absolute Gasteiger partial charge is 0.479 e. The third-order valence-corrected chi connectivity index (χ3v) is 5.23. The van der Waals surface area contributed by atoms with Crippen LogP contribution in [-0.4, -0.2) is 29.4 Å². The topological polar surface area (TPSA) is 102 Å². The first-order chi connectivity index (χ1) is 15.4. The van der Waals surface area contributed by atoms with Crippen LogP contribution in [0.2, 0.25) is 0 Å². The lowest BCUT2D eigenvalue weighted by atomic mass is 10.1. The molecule has 32 heavy (non-hydrogen) atoms. The van der Waals surface area contributed by atoms with Crippen molar-refractivity contribution < 1.29 is 19.2 Å². The first kappa shape index (κ1) is 21.0. The molecule has 0 aromatic heterocycles. The van der Waals surface area contributed by atoms with Crippen molar-refractivity contribution in [1.82, 2.24) is 0 Å². The molecule has 0 saturated heterocycles. The Hall–Kier alpha value is -4.20. The molecule has 8 nitrogen and oxygen atoms in total. The maximum absolute atomic E-state index is 12.7. The Kier molecular flexibility index (Phi) is 5.85. The highest BCUT2D eigenvalue weighted by atomic mass is 16.6. The van der Waals surface area contributed by atoms with Gasteiger partial charge in [0.1, 0.15) is 5.75 Å². The number of carbonyl (C=O) groups excluding carboxylic acids is 2. The van der Waals surface area contributed by atoms with E-state index in [1.165, 1.54) is 24.3 Å². The molecule has 162 valence electrons. The zero-order valence-corrected chi connectivity index (χ0v) is 17.4. The van der Waals surface area contributed by atoms with Crippen molar-refractivity contribution in [2.75, 3.05) is 16.8 Å². The molecule has 1 heterocycles. The number of carbonyl (C=O) groups is 2. The highest BCUT2D eigenvalue weighted by Crippen LogP contribution is 2.36. The molecule has 3 aromatic rings. The van der Waals surface area contributed by atoms with E-state index >= 15 is 0 Å². The summed E-state index contributed by atoms with van der Waals surface area (Å²) in [5, 5.41) is 13.5. The monoisotopic (exact) mass is 431 g/mol. The molecule has 0 aliphatic carbocycles. The molecule has 0 saturated carbocycles. The summed E-state index contributed by atoms with van der Waals surface area (Å²) in [5.41, 5.74) is 2.49. The number of fused-ring (bicyclic) bond motifs is 1. The van der Waals surface area contributed by atoms with Gasteiger partial charge in [-0.2, -0.15) is 0 Å². The molecule has 1 N–H and O–H groups in total. The van der Waals surface area contributed by atoms with Gasteiger partial charge in [0.15, 0.2) is 6.10 Å². The van der Waals surface area contributed by atoms with E-state index < -0.39 is 16.9 Å². The molecule has 1 aliphatic rings. The summed E-state index contributed by atoms with van der Waals surface area (Å²) in [4.78, 5) is 37.2. The quantitative estimate of drug-likeness (QED) is 0.465. The Labute approximate surface area is 184 Å². The summed E-state index contributed by atoms with van der Waals surface area (Å²) < 4.78 is 5.78. The maximum atomic E-state index is 12.7. The van der Waals surface area contributed by atoms with E-state index in [0.717, 1.165) is 5.56 Å². The van der Waals surface area contributed by atoms with Gasteiger partial charge in [0.2, 0.25) is 0 Å². The van der Waals surface area contributed by atoms with Crippen molar-refractivity contribution in [3.05, 3.63) is 94.0 Å². The van der Waals surface area contributed by atoms with Crippen LogP contribution >= 0.6 is 0 Å². The van der Waals surface area contributed by atoms with E-state index in [1.54, 1.807) is 30.0 Å². The molecular formula is C24H21N3O5. The fourth-order valence-electron chi connectivity index (χ4n) is 3.54. The highest BCUT2D eigenvalue weighted by Gasteiger charge is 2.31. The summed E-state index contributed by atoms with van der Waals surface area (Å²) in [6, 6.07) is 20.4. The van der Waals surface area contributed by atoms with Crippen molar-refractivity contribution >= 4 is 28.9 Å². The maximum Gasteiger partial charge on any atom is 0.269 e. The third-order valence-electron chi connectivity index (χ3n) is 5.23. The van der Waals surface area contributed by atoms with Crippen LogP contribution < -0.4 is 15.0 Å². The van der Waals surface area contributed by atoms with Gasteiger partial charge in [-0.25, -0.2) is 0 Å². The normalized spacial score (nSPS) is 15.0. The van der Waals surface area contributed by atoms with Crippen LogP contribution in [0.25, 0.3) is 0 Å². The summed E-state index contributed by atoms with van der Waals surface area (Å²) in [6.45, 7) is 2.21. The van der Waals surface area contributed by atoms with E-state index in [2.05, 4.69) is 5.32 Å². The number of nitrogens with one attached hydrogen (secondary N) is 1. The van der Waals surface area contributed by atoms with Crippen molar-refractivity contribution in [3.8, 4) is 5.75 Å². The molecule has 1 unspecified atom stereocenters. The molecule has 0 fully saturated rings. The second-order valence-electron chi connectivity index (χ2n) is 7.43. The SMILES string of the molecule is CC1Oc2cc(NC(=O)c3ccc([N+](=O)[O-])cc3)ccc2N(CCc2ccccc2)C1=O. The van der Waals surface area contributed by atoms with Crippen molar-refractivity contribution in [3.63, 3.8) is 0 Å². The van der Waals surface area contributed by atoms with E-state index in [-0.39, 0.29) is 11.6 Å². The van der Waals surface area contributed by atoms with Crippen molar-refractivity contribution in [1.29, 1.82) is 0 Å². The van der Waals surface area contributed by atoms with Gasteiger partial charge < -0.3 is 15.0 Å². The van der Waals surface area contributed by atoms with Crippen LogP contribution in [0.1, 0.15) is 22.8 Å². The predicted molar refractivity (Wildman–Crippen MR) is 120 cm³/mol. The average molecular weight is 431 g/mol. The number of nitro benzene ring substituents is 1. The van der Waals surface area contributed by atoms with Crippen LogP contribution in [-0.2, 0) is 11.2 Å². The minimum absolute atomic E-state index is 0.0852. The fraction of sp³-hybridized carbons (Fsp3) is 0.167. The predicted octanol–water partition coefficient (Wildman–Crippen LogP) is 4.20. The number of ether oxygens (including phenoxy) is 1. The number of anilines is 2. The number of nitrogens with zero attached hydrogens (tertiary/aromatic N) is 2. The Balaban J connectivity index is 1.51. The Morgan fingerprint density at radius 1 is 1.09 bits per heavy atom. The van der Waals surface area contributed by atoms with Crippen LogP contribution in [0.5, 0.6) is 5.75 Å². The third kappa shape index (κ3) is 4.44. The van der Waals surface area contributed by atoms with Gasteiger partial charge >= 0.3 is 0 Å². The van der Waals surface area contributed by atoms with Crippen molar-refractivity contribution in [2.45, 2.75) is 19.4 Å². The number of hydrogen-bond acceptors (Lipinski definition) is 5. The number of rotatable bonds is 6. The lowest BCUT2D eigenvalue weighted by Gasteiger charge is -2.33. The first-order valence-corrected chi connectivity index (χ1v) is 10.1. The van der Waals surface area contributed by atoms with E-state index in [4.69, 9.17) is 4.74 Å². The molecule has 4 rings (SSSR count). The summed E-state index contributed by atoms with van der Waals surface area (Å²) in [6.07, 6.45) is 0.0658. The fourth-order valence-corrected chi connectivity index (χ4v) is 3.54. The highest BCUT2D eigenvalue weighted by molar-refractivity contribution is 6.05. The van der Waals surface area contributed by atoms with Crippen LogP contribution in [0.3, 0.4) is 0 Å². The molecule has 0 bridgehead atoms. The lowest BCUT2D eigenvalue weighted by molar-refractivity contribution is -0.384. The molecule has 1 aliphatic heterocycles. The Morgan fingerprint density at radius 3 is 2.50 bits per heavy atom. The number of hydrogen-bond donors (Lipinski definition) is 1. The Morgan fingerprint density at radius 2 is 1.81 bits per heavy atom. The Bertz CT molecular complexity index is 1160. The summed E-state index contributed by atoms with van der Waals surface area (Å²) >= 11 is 0. The number of amides is 2. The van der Waals surface area contributed by atoms with Gasteiger partial charge in [0, 0.05) is 36.0 Å². The second-order valence-corrected chi connectivity index (χ2v) is 7.43. The van der Waals surface area contributed by atoms with Gasteiger partial charge in [-0.15, -0.1) is 0 Å². The summed E-state index contributed by atoms with van der Waals surface area (Å²) in [5.74, 6) is -0.0107. The summed E-state index contributed by atoms with van der Waals surface area (Å²) in [7, 11) is 0. The number of non-ortho nitro benzene ring substituents is 1. The lowest BCUT2D eigenvalue weighted by Crippen LogP contribution is -2.45. The molecule has 8 heteroatoms. The standard InChI is InChI=1S/C24H21N3O5/c1-16-24(29)26(14-13-17-5-3-2-4-6-17)21-12-9-19(15-22(21)32-16)25-23(28)18-7-10-20(11-8-18)27(30)31/h2-12,15-16H,13-14H2,1H3,(H,25,28). The van der Waals surface area contributed by atoms with Crippen molar-refractivity contribution in [2.24, 2.45) is 0 Å². The van der Waals surface area contributed by atoms with Crippen LogP contribution in [0.4, 0.5) is 17.1 Å². The molecule has 2 amide bonds. The van der Waals surface area contributed by atoms with Gasteiger partial charge in [-0.3, -0.25) is 19.7 Å². The first-order valence-electron chi connectivity index (χ1n) is 10.1. The zero-order chi connectivity index (χ0) is 22.7. The van der Waals surface area contributed by atoms with Crippen LogP contribution in [0, 0.1) is 10.1 Å². The smallest absolute Gasteiger partial charge is 0.269 e. The second kappa shape index (κ2) is 8.89. The zero-order valence-electron chi connectivity index (χ0n) is 17.4. The van der Waals surface area contributed by atoms with Gasteiger partial charge in [0.25, 0.3) is 17.5 Å². The minimum Gasteiger partial charge on any atom is -0.479 e. The molecule has 1 atom stereocenters.